The maximum absolute atomic E-state index is 12.7. The first kappa shape index (κ1) is 15.3. The van der Waals surface area contributed by atoms with E-state index >= 15 is 0 Å². The third kappa shape index (κ3) is 5.07. The number of amides is 1. The Labute approximate surface area is 126 Å². The molecule has 110 valence electrons. The number of rotatable bonds is 6. The van der Waals surface area contributed by atoms with Gasteiger partial charge in [0.2, 0.25) is 5.91 Å². The van der Waals surface area contributed by atoms with Crippen LogP contribution in [0.3, 0.4) is 0 Å². The molecule has 1 N–H and O–H groups in total. The van der Waals surface area contributed by atoms with Crippen molar-refractivity contribution in [3.8, 4) is 0 Å². The second kappa shape index (κ2) is 7.64. The van der Waals surface area contributed by atoms with Crippen LogP contribution in [0.25, 0.3) is 0 Å². The van der Waals surface area contributed by atoms with Gasteiger partial charge in [0.1, 0.15) is 17.3 Å². The summed E-state index contributed by atoms with van der Waals surface area (Å²) in [6.45, 7) is 1.76. The molecule has 1 aromatic heterocycles. The first-order valence-corrected chi connectivity index (χ1v) is 7.39. The predicted octanol–water partition coefficient (Wildman–Crippen LogP) is 3.44. The Morgan fingerprint density at radius 3 is 2.76 bits per heavy atom. The van der Waals surface area contributed by atoms with Crippen molar-refractivity contribution in [1.29, 1.82) is 0 Å². The van der Waals surface area contributed by atoms with Crippen molar-refractivity contribution >= 4 is 23.4 Å². The number of hydrogen-bond acceptors (Lipinski definition) is 4. The third-order valence-corrected chi connectivity index (χ3v) is 3.65. The van der Waals surface area contributed by atoms with Crippen LogP contribution in [0.4, 0.5) is 4.39 Å². The quantitative estimate of drug-likeness (QED) is 0.505. The number of carbonyl (C=O) groups excluding carboxylic acids is 1. The maximum Gasteiger partial charge on any atom is 0.240 e. The zero-order valence-corrected chi connectivity index (χ0v) is 12.3. The first-order chi connectivity index (χ1) is 10.1. The summed E-state index contributed by atoms with van der Waals surface area (Å²) >= 11 is 1.49. The molecule has 0 aliphatic carbocycles. The number of thioether (sulfide) groups is 1. The highest BCUT2D eigenvalue weighted by Crippen LogP contribution is 2.18. The van der Waals surface area contributed by atoms with Crippen molar-refractivity contribution in [2.75, 3.05) is 5.75 Å². The second-order valence-electron chi connectivity index (χ2n) is 4.26. The van der Waals surface area contributed by atoms with Crippen LogP contribution in [0.1, 0.15) is 19.1 Å². The highest BCUT2D eigenvalue weighted by molar-refractivity contribution is 7.99. The molecule has 0 fully saturated rings. The Balaban J connectivity index is 1.72. The number of carbonyl (C=O) groups is 1. The molecule has 6 heteroatoms. The molecule has 0 unspecified atom stereocenters. The summed E-state index contributed by atoms with van der Waals surface area (Å²) in [5.74, 6) is 0.790. The van der Waals surface area contributed by atoms with Gasteiger partial charge in [-0.15, -0.1) is 11.8 Å². The molecule has 0 aliphatic heterocycles. The van der Waals surface area contributed by atoms with E-state index in [9.17, 15) is 9.18 Å². The molecule has 0 spiro atoms. The maximum atomic E-state index is 12.7. The highest BCUT2D eigenvalue weighted by atomic mass is 32.2. The van der Waals surface area contributed by atoms with E-state index in [1.54, 1.807) is 37.5 Å². The lowest BCUT2D eigenvalue weighted by Gasteiger charge is -2.02. The second-order valence-corrected chi connectivity index (χ2v) is 5.43. The summed E-state index contributed by atoms with van der Waals surface area (Å²) in [6, 6.07) is 9.72. The SMILES string of the molecule is C/C(=N/NC(=O)CCSc1ccc(F)cc1)c1ccco1. The molecule has 0 aliphatic rings. The zero-order valence-electron chi connectivity index (χ0n) is 11.5. The van der Waals surface area contributed by atoms with Crippen LogP contribution in [-0.4, -0.2) is 17.4 Å². The summed E-state index contributed by atoms with van der Waals surface area (Å²) < 4.78 is 17.9. The Morgan fingerprint density at radius 2 is 2.10 bits per heavy atom. The van der Waals surface area contributed by atoms with E-state index in [-0.39, 0.29) is 11.7 Å². The Morgan fingerprint density at radius 1 is 1.33 bits per heavy atom. The van der Waals surface area contributed by atoms with E-state index in [4.69, 9.17) is 4.42 Å². The lowest BCUT2D eigenvalue weighted by Crippen LogP contribution is -2.19. The lowest BCUT2D eigenvalue weighted by atomic mass is 10.3. The molecule has 1 heterocycles. The van der Waals surface area contributed by atoms with Gasteiger partial charge in [-0.25, -0.2) is 9.82 Å². The van der Waals surface area contributed by atoms with E-state index in [2.05, 4.69) is 10.5 Å². The molecular weight excluding hydrogens is 291 g/mol. The first-order valence-electron chi connectivity index (χ1n) is 6.40. The van der Waals surface area contributed by atoms with Gasteiger partial charge in [-0.2, -0.15) is 5.10 Å². The molecular formula is C15H15FN2O2S. The predicted molar refractivity (Wildman–Crippen MR) is 80.8 cm³/mol. The number of benzene rings is 1. The third-order valence-electron chi connectivity index (χ3n) is 2.64. The van der Waals surface area contributed by atoms with Gasteiger partial charge in [0.25, 0.3) is 0 Å². The fraction of sp³-hybridized carbons (Fsp3) is 0.200. The topological polar surface area (TPSA) is 54.6 Å². The standard InChI is InChI=1S/C15H15FN2O2S/c1-11(14-3-2-9-20-14)17-18-15(19)8-10-21-13-6-4-12(16)5-7-13/h2-7,9H,8,10H2,1H3,(H,18,19)/b17-11-. The van der Waals surface area contributed by atoms with Gasteiger partial charge in [-0.1, -0.05) is 0 Å². The molecule has 0 radical (unpaired) electrons. The number of nitrogens with zero attached hydrogens (tertiary/aromatic N) is 1. The molecule has 2 rings (SSSR count). The van der Waals surface area contributed by atoms with Crippen LogP contribution in [-0.2, 0) is 4.79 Å². The van der Waals surface area contributed by atoms with Gasteiger partial charge in [0.15, 0.2) is 0 Å². The Bertz CT molecular complexity index is 609. The van der Waals surface area contributed by atoms with Crippen LogP contribution in [0, 0.1) is 5.82 Å². The minimum absolute atomic E-state index is 0.171. The molecule has 2 aromatic rings. The smallest absolute Gasteiger partial charge is 0.240 e. The van der Waals surface area contributed by atoms with Crippen LogP contribution in [0.15, 0.2) is 57.1 Å². The van der Waals surface area contributed by atoms with Crippen LogP contribution >= 0.6 is 11.8 Å². The lowest BCUT2D eigenvalue weighted by molar-refractivity contribution is -0.120. The molecule has 0 saturated carbocycles. The molecule has 0 saturated heterocycles. The minimum atomic E-state index is -0.264. The average Bonchev–Trinajstić information content (AvgIpc) is 3.01. The zero-order chi connectivity index (χ0) is 15.1. The van der Waals surface area contributed by atoms with E-state index in [0.29, 0.717) is 23.6 Å². The van der Waals surface area contributed by atoms with E-state index in [1.807, 2.05) is 0 Å². The van der Waals surface area contributed by atoms with E-state index in [1.165, 1.54) is 23.9 Å². The number of furan rings is 1. The van der Waals surface area contributed by atoms with Gasteiger partial charge in [0.05, 0.1) is 6.26 Å². The van der Waals surface area contributed by atoms with Gasteiger partial charge < -0.3 is 4.42 Å². The summed E-state index contributed by atoms with van der Waals surface area (Å²) in [5.41, 5.74) is 3.09. The summed E-state index contributed by atoms with van der Waals surface area (Å²) in [6.07, 6.45) is 1.88. The van der Waals surface area contributed by atoms with E-state index < -0.39 is 0 Å². The largest absolute Gasteiger partial charge is 0.463 e. The monoisotopic (exact) mass is 306 g/mol. The minimum Gasteiger partial charge on any atom is -0.463 e. The van der Waals surface area contributed by atoms with Crippen LogP contribution in [0.5, 0.6) is 0 Å². The molecule has 21 heavy (non-hydrogen) atoms. The van der Waals surface area contributed by atoms with Crippen molar-refractivity contribution in [1.82, 2.24) is 5.43 Å². The van der Waals surface area contributed by atoms with Gasteiger partial charge in [-0.3, -0.25) is 4.79 Å². The van der Waals surface area contributed by atoms with Crippen LogP contribution in [0.2, 0.25) is 0 Å². The number of nitrogens with one attached hydrogen (secondary N) is 1. The van der Waals surface area contributed by atoms with Crippen molar-refractivity contribution in [3.05, 3.63) is 54.2 Å². The molecule has 0 atom stereocenters. The van der Waals surface area contributed by atoms with Gasteiger partial charge in [0, 0.05) is 17.1 Å². The fourth-order valence-corrected chi connectivity index (χ4v) is 2.39. The normalized spacial score (nSPS) is 11.4. The summed E-state index contributed by atoms with van der Waals surface area (Å²) in [7, 11) is 0. The highest BCUT2D eigenvalue weighted by Gasteiger charge is 2.03. The number of hydrazone groups is 1. The fourth-order valence-electron chi connectivity index (χ4n) is 1.53. The average molecular weight is 306 g/mol. The number of halogens is 1. The summed E-state index contributed by atoms with van der Waals surface area (Å²) in [4.78, 5) is 12.6. The Hall–Kier alpha value is -2.08. The molecule has 0 bridgehead atoms. The van der Waals surface area contributed by atoms with Crippen molar-refractivity contribution < 1.29 is 13.6 Å². The van der Waals surface area contributed by atoms with Gasteiger partial charge in [-0.05, 0) is 43.3 Å². The van der Waals surface area contributed by atoms with Crippen molar-refractivity contribution in [2.45, 2.75) is 18.2 Å². The van der Waals surface area contributed by atoms with Gasteiger partial charge >= 0.3 is 0 Å². The molecule has 1 amide bonds. The van der Waals surface area contributed by atoms with Crippen molar-refractivity contribution in [3.63, 3.8) is 0 Å². The molecule has 4 nitrogen and oxygen atoms in total. The number of hydrogen-bond donors (Lipinski definition) is 1. The van der Waals surface area contributed by atoms with E-state index in [0.717, 1.165) is 4.90 Å². The van der Waals surface area contributed by atoms with Crippen molar-refractivity contribution in [2.24, 2.45) is 5.10 Å². The van der Waals surface area contributed by atoms with Crippen LogP contribution < -0.4 is 5.43 Å². The molecule has 1 aromatic carbocycles. The summed E-state index contributed by atoms with van der Waals surface area (Å²) in [5, 5.41) is 3.97. The Kier molecular flexibility index (Phi) is 5.57.